The predicted molar refractivity (Wildman–Crippen MR) is 80.2 cm³/mol. The molecule has 2 aromatic rings. The van der Waals surface area contributed by atoms with E-state index in [0.717, 1.165) is 20.7 Å². The minimum Gasteiger partial charge on any atom is -0.377 e. The molecule has 0 bridgehead atoms. The van der Waals surface area contributed by atoms with Crippen molar-refractivity contribution < 1.29 is 0 Å². The number of rotatable bonds is 3. The highest BCUT2D eigenvalue weighted by molar-refractivity contribution is 9.10. The van der Waals surface area contributed by atoms with E-state index in [-0.39, 0.29) is 6.04 Å². The largest absolute Gasteiger partial charge is 0.377 e. The van der Waals surface area contributed by atoms with Gasteiger partial charge in [0.25, 0.3) is 0 Å². The molecular formula is C14H14BrClN2. The third-order valence-corrected chi connectivity index (χ3v) is 3.66. The highest BCUT2D eigenvalue weighted by Gasteiger charge is 2.10. The molecule has 0 spiro atoms. The number of nitrogens with one attached hydrogen (secondary N) is 1. The maximum Gasteiger partial charge on any atom is 0.0561 e. The summed E-state index contributed by atoms with van der Waals surface area (Å²) < 4.78 is 0.987. The van der Waals surface area contributed by atoms with Crippen LogP contribution < -0.4 is 5.32 Å². The normalized spacial score (nSPS) is 12.2. The van der Waals surface area contributed by atoms with Gasteiger partial charge in [0.05, 0.1) is 17.9 Å². The summed E-state index contributed by atoms with van der Waals surface area (Å²) in [6, 6.07) is 8.04. The number of hydrogen-bond donors (Lipinski definition) is 1. The van der Waals surface area contributed by atoms with Gasteiger partial charge in [0.2, 0.25) is 0 Å². The summed E-state index contributed by atoms with van der Waals surface area (Å²) in [4.78, 5) is 4.13. The Balaban J connectivity index is 2.22. The molecule has 0 fully saturated rings. The zero-order chi connectivity index (χ0) is 13.1. The average Bonchev–Trinajstić information content (AvgIpc) is 2.32. The number of halogens is 2. The first-order chi connectivity index (χ1) is 8.58. The van der Waals surface area contributed by atoms with Crippen LogP contribution in [0.4, 0.5) is 5.69 Å². The molecule has 0 aliphatic rings. The Kier molecular flexibility index (Phi) is 4.25. The first kappa shape index (κ1) is 13.4. The van der Waals surface area contributed by atoms with Crippen molar-refractivity contribution in [2.45, 2.75) is 19.9 Å². The number of aryl methyl sites for hydroxylation is 1. The second-order valence-electron chi connectivity index (χ2n) is 4.22. The Morgan fingerprint density at radius 1 is 1.33 bits per heavy atom. The number of benzene rings is 1. The Bertz CT molecular complexity index is 557. The summed E-state index contributed by atoms with van der Waals surface area (Å²) in [5.74, 6) is 0. The monoisotopic (exact) mass is 324 g/mol. The van der Waals surface area contributed by atoms with Crippen LogP contribution in [0.2, 0.25) is 5.02 Å². The number of aromatic nitrogens is 1. The van der Waals surface area contributed by atoms with Gasteiger partial charge in [-0.15, -0.1) is 0 Å². The van der Waals surface area contributed by atoms with Crippen LogP contribution in [0.3, 0.4) is 0 Å². The van der Waals surface area contributed by atoms with E-state index in [4.69, 9.17) is 11.6 Å². The van der Waals surface area contributed by atoms with E-state index >= 15 is 0 Å². The summed E-state index contributed by atoms with van der Waals surface area (Å²) in [7, 11) is 0. The van der Waals surface area contributed by atoms with Crippen molar-refractivity contribution in [2.24, 2.45) is 0 Å². The van der Waals surface area contributed by atoms with Crippen LogP contribution in [-0.2, 0) is 0 Å². The molecule has 1 aromatic heterocycles. The summed E-state index contributed by atoms with van der Waals surface area (Å²) in [6.07, 6.45) is 3.62. The summed E-state index contributed by atoms with van der Waals surface area (Å²) in [5.41, 5.74) is 3.28. The van der Waals surface area contributed by atoms with Gasteiger partial charge in [-0.2, -0.15) is 0 Å². The van der Waals surface area contributed by atoms with Crippen LogP contribution in [0, 0.1) is 6.92 Å². The number of pyridine rings is 1. The molecule has 0 aliphatic carbocycles. The first-order valence-electron chi connectivity index (χ1n) is 5.70. The summed E-state index contributed by atoms with van der Waals surface area (Å²) in [5, 5.41) is 4.18. The topological polar surface area (TPSA) is 24.9 Å². The molecule has 0 amide bonds. The van der Waals surface area contributed by atoms with Crippen molar-refractivity contribution in [2.75, 3.05) is 5.32 Å². The molecule has 94 valence electrons. The smallest absolute Gasteiger partial charge is 0.0561 e. The number of nitrogens with zero attached hydrogens (tertiary/aromatic N) is 1. The fraction of sp³-hybridized carbons (Fsp3) is 0.214. The minimum absolute atomic E-state index is 0.133. The molecule has 1 atom stereocenters. The molecular weight excluding hydrogens is 312 g/mol. The average molecular weight is 326 g/mol. The lowest BCUT2D eigenvalue weighted by Gasteiger charge is -2.18. The second-order valence-corrected chi connectivity index (χ2v) is 5.55. The lowest BCUT2D eigenvalue weighted by atomic mass is 10.1. The molecule has 2 nitrogen and oxygen atoms in total. The van der Waals surface area contributed by atoms with Gasteiger partial charge in [0, 0.05) is 15.7 Å². The van der Waals surface area contributed by atoms with Crippen molar-refractivity contribution >= 4 is 33.2 Å². The lowest BCUT2D eigenvalue weighted by Crippen LogP contribution is -2.08. The van der Waals surface area contributed by atoms with Crippen molar-refractivity contribution in [1.82, 2.24) is 4.98 Å². The Morgan fingerprint density at radius 2 is 2.11 bits per heavy atom. The van der Waals surface area contributed by atoms with E-state index in [9.17, 15) is 0 Å². The van der Waals surface area contributed by atoms with E-state index < -0.39 is 0 Å². The first-order valence-corrected chi connectivity index (χ1v) is 6.87. The third-order valence-electron chi connectivity index (χ3n) is 2.84. The van der Waals surface area contributed by atoms with E-state index in [1.807, 2.05) is 30.5 Å². The van der Waals surface area contributed by atoms with Crippen LogP contribution in [0.5, 0.6) is 0 Å². The quantitative estimate of drug-likeness (QED) is 0.861. The molecule has 2 rings (SSSR count). The van der Waals surface area contributed by atoms with Crippen LogP contribution in [0.15, 0.2) is 41.1 Å². The predicted octanol–water partition coefficient (Wildman–Crippen LogP) is 4.98. The molecule has 0 saturated carbocycles. The van der Waals surface area contributed by atoms with Gasteiger partial charge in [-0.3, -0.25) is 4.98 Å². The van der Waals surface area contributed by atoms with Gasteiger partial charge < -0.3 is 5.32 Å². The standard InChI is InChI=1S/C14H14BrClN2/c1-9-5-6-17-8-14(9)18-10(2)12-4-3-11(15)7-13(12)16/h3-8,10,18H,1-2H3. The van der Waals surface area contributed by atoms with Crippen LogP contribution in [0.25, 0.3) is 0 Å². The van der Waals surface area contributed by atoms with Crippen molar-refractivity contribution in [1.29, 1.82) is 0 Å². The highest BCUT2D eigenvalue weighted by atomic mass is 79.9. The minimum atomic E-state index is 0.133. The Morgan fingerprint density at radius 3 is 2.78 bits per heavy atom. The van der Waals surface area contributed by atoms with E-state index in [2.05, 4.69) is 40.1 Å². The fourth-order valence-electron chi connectivity index (χ4n) is 1.78. The Labute approximate surface area is 121 Å². The molecule has 1 heterocycles. The van der Waals surface area contributed by atoms with Gasteiger partial charge in [-0.1, -0.05) is 33.6 Å². The second kappa shape index (κ2) is 5.72. The third kappa shape index (κ3) is 3.03. The fourth-order valence-corrected chi connectivity index (χ4v) is 2.62. The lowest BCUT2D eigenvalue weighted by molar-refractivity contribution is 0.880. The van der Waals surface area contributed by atoms with Crippen LogP contribution in [0.1, 0.15) is 24.1 Å². The zero-order valence-electron chi connectivity index (χ0n) is 10.2. The maximum absolute atomic E-state index is 6.24. The SMILES string of the molecule is Cc1ccncc1NC(C)c1ccc(Br)cc1Cl. The number of anilines is 1. The molecule has 18 heavy (non-hydrogen) atoms. The Hall–Kier alpha value is -1.06. The van der Waals surface area contributed by atoms with E-state index in [1.165, 1.54) is 5.56 Å². The van der Waals surface area contributed by atoms with Crippen molar-refractivity contribution in [3.63, 3.8) is 0 Å². The molecule has 1 N–H and O–H groups in total. The molecule has 1 aromatic carbocycles. The van der Waals surface area contributed by atoms with Crippen LogP contribution >= 0.6 is 27.5 Å². The van der Waals surface area contributed by atoms with Crippen molar-refractivity contribution in [3.8, 4) is 0 Å². The van der Waals surface area contributed by atoms with Gasteiger partial charge in [-0.25, -0.2) is 0 Å². The zero-order valence-corrected chi connectivity index (χ0v) is 12.6. The van der Waals surface area contributed by atoms with Gasteiger partial charge in [-0.05, 0) is 43.2 Å². The van der Waals surface area contributed by atoms with Gasteiger partial charge in [0.1, 0.15) is 0 Å². The highest BCUT2D eigenvalue weighted by Crippen LogP contribution is 2.29. The molecule has 0 aliphatic heterocycles. The molecule has 1 unspecified atom stereocenters. The summed E-state index contributed by atoms with van der Waals surface area (Å²) in [6.45, 7) is 4.14. The van der Waals surface area contributed by atoms with Gasteiger partial charge >= 0.3 is 0 Å². The van der Waals surface area contributed by atoms with Crippen molar-refractivity contribution in [3.05, 3.63) is 57.3 Å². The molecule has 4 heteroatoms. The molecule has 0 saturated heterocycles. The van der Waals surface area contributed by atoms with E-state index in [0.29, 0.717) is 0 Å². The van der Waals surface area contributed by atoms with Crippen LogP contribution in [-0.4, -0.2) is 4.98 Å². The van der Waals surface area contributed by atoms with E-state index in [1.54, 1.807) is 6.20 Å². The summed E-state index contributed by atoms with van der Waals surface area (Å²) >= 11 is 9.65. The number of hydrogen-bond acceptors (Lipinski definition) is 2. The van der Waals surface area contributed by atoms with Gasteiger partial charge in [0.15, 0.2) is 0 Å². The maximum atomic E-state index is 6.24. The molecule has 0 radical (unpaired) electrons.